The number of nitrogens with zero attached hydrogens (tertiary/aromatic N) is 1. The lowest BCUT2D eigenvalue weighted by atomic mass is 10.1. The van der Waals surface area contributed by atoms with Crippen molar-refractivity contribution in [1.82, 2.24) is 0 Å². The molecule has 10 heteroatoms. The Morgan fingerprint density at radius 3 is 2.03 bits per heavy atom. The van der Waals surface area contributed by atoms with Crippen LogP contribution in [0.1, 0.15) is 22.5 Å². The zero-order chi connectivity index (χ0) is 24.4. The first kappa shape index (κ1) is 23.7. The van der Waals surface area contributed by atoms with E-state index in [1.807, 2.05) is 24.4 Å². The number of amides is 1. The van der Waals surface area contributed by atoms with Crippen molar-refractivity contribution in [2.75, 3.05) is 5.32 Å². The summed E-state index contributed by atoms with van der Waals surface area (Å²) in [5.41, 5.74) is -2.77. The van der Waals surface area contributed by atoms with Crippen LogP contribution in [0.3, 0.4) is 0 Å². The van der Waals surface area contributed by atoms with Crippen LogP contribution < -0.4 is 5.32 Å². The van der Waals surface area contributed by atoms with E-state index in [0.717, 1.165) is 17.2 Å². The Morgan fingerprint density at radius 2 is 1.52 bits per heavy atom. The molecule has 3 rings (SSSR count). The number of carbonyl (C=O) groups is 1. The number of furan rings is 1. The first-order valence-corrected chi connectivity index (χ1v) is 9.26. The SMILES string of the molecule is Cc1ccc(-c2ccc(/C=C(\C#N)C(=O)Nc3cc(C(F)(F)F)cc(C(F)(F)F)c3)o2)cc1. The Labute approximate surface area is 183 Å². The molecule has 0 aliphatic carbocycles. The quantitative estimate of drug-likeness (QED) is 0.261. The van der Waals surface area contributed by atoms with Gasteiger partial charge in [0.25, 0.3) is 5.91 Å². The van der Waals surface area contributed by atoms with Gasteiger partial charge in [-0.15, -0.1) is 0 Å². The Bertz CT molecular complexity index is 1210. The fourth-order valence-electron chi connectivity index (χ4n) is 2.82. The highest BCUT2D eigenvalue weighted by atomic mass is 19.4. The van der Waals surface area contributed by atoms with Crippen LogP contribution in [0.4, 0.5) is 32.0 Å². The Morgan fingerprint density at radius 1 is 0.939 bits per heavy atom. The normalized spacial score (nSPS) is 12.4. The van der Waals surface area contributed by atoms with E-state index in [0.29, 0.717) is 17.9 Å². The van der Waals surface area contributed by atoms with Gasteiger partial charge in [0.2, 0.25) is 0 Å². The van der Waals surface area contributed by atoms with Crippen LogP contribution in [0, 0.1) is 18.3 Å². The number of nitrogens with one attached hydrogen (secondary N) is 1. The average Bonchev–Trinajstić information content (AvgIpc) is 3.19. The molecule has 4 nitrogen and oxygen atoms in total. The minimum Gasteiger partial charge on any atom is -0.457 e. The molecule has 0 bridgehead atoms. The van der Waals surface area contributed by atoms with Crippen molar-refractivity contribution < 1.29 is 35.6 Å². The molecule has 33 heavy (non-hydrogen) atoms. The summed E-state index contributed by atoms with van der Waals surface area (Å²) in [5.74, 6) is -0.665. The number of rotatable bonds is 4. The van der Waals surface area contributed by atoms with Crippen molar-refractivity contribution in [1.29, 1.82) is 5.26 Å². The summed E-state index contributed by atoms with van der Waals surface area (Å²) >= 11 is 0. The lowest BCUT2D eigenvalue weighted by Crippen LogP contribution is -2.16. The maximum atomic E-state index is 13.0. The van der Waals surface area contributed by atoms with Gasteiger partial charge in [0.15, 0.2) is 0 Å². The number of halogens is 6. The van der Waals surface area contributed by atoms with Gasteiger partial charge in [-0.2, -0.15) is 31.6 Å². The molecule has 170 valence electrons. The maximum Gasteiger partial charge on any atom is 0.416 e. The summed E-state index contributed by atoms with van der Waals surface area (Å²) in [6.07, 6.45) is -9.12. The third-order valence-electron chi connectivity index (χ3n) is 4.46. The molecule has 1 N–H and O–H groups in total. The minimum absolute atomic E-state index is 0.0633. The lowest BCUT2D eigenvalue weighted by molar-refractivity contribution is -0.143. The summed E-state index contributed by atoms with van der Waals surface area (Å²) in [6, 6.07) is 12.6. The van der Waals surface area contributed by atoms with E-state index in [2.05, 4.69) is 0 Å². The molecular formula is C23H14F6N2O2. The summed E-state index contributed by atoms with van der Waals surface area (Å²) in [6.45, 7) is 1.90. The van der Waals surface area contributed by atoms with Crippen molar-refractivity contribution in [3.8, 4) is 17.4 Å². The number of benzene rings is 2. The Kier molecular flexibility index (Phi) is 6.35. The lowest BCUT2D eigenvalue weighted by Gasteiger charge is -2.14. The van der Waals surface area contributed by atoms with Gasteiger partial charge in [-0.25, -0.2) is 0 Å². The summed E-state index contributed by atoms with van der Waals surface area (Å²) in [5, 5.41) is 11.2. The Hall–Kier alpha value is -4.00. The molecule has 3 aromatic rings. The highest BCUT2D eigenvalue weighted by Crippen LogP contribution is 2.37. The zero-order valence-electron chi connectivity index (χ0n) is 16.8. The summed E-state index contributed by atoms with van der Waals surface area (Å²) in [4.78, 5) is 12.4. The van der Waals surface area contributed by atoms with E-state index in [9.17, 15) is 36.4 Å². The van der Waals surface area contributed by atoms with Gasteiger partial charge in [-0.1, -0.05) is 29.8 Å². The molecule has 0 radical (unpaired) electrons. The van der Waals surface area contributed by atoms with E-state index in [1.54, 1.807) is 24.3 Å². The maximum absolute atomic E-state index is 13.0. The van der Waals surface area contributed by atoms with Crippen LogP contribution in [0.5, 0.6) is 0 Å². The number of anilines is 1. The van der Waals surface area contributed by atoms with Crippen molar-refractivity contribution in [3.63, 3.8) is 0 Å². The van der Waals surface area contributed by atoms with E-state index >= 15 is 0 Å². The number of aryl methyl sites for hydroxylation is 1. The second-order valence-electron chi connectivity index (χ2n) is 6.99. The predicted molar refractivity (Wildman–Crippen MR) is 108 cm³/mol. The van der Waals surface area contributed by atoms with E-state index in [4.69, 9.17) is 4.42 Å². The molecule has 0 spiro atoms. The minimum atomic E-state index is -5.07. The van der Waals surface area contributed by atoms with Crippen molar-refractivity contribution in [2.45, 2.75) is 19.3 Å². The molecule has 1 aromatic heterocycles. The topological polar surface area (TPSA) is 66.0 Å². The van der Waals surface area contributed by atoms with E-state index in [-0.39, 0.29) is 11.8 Å². The smallest absolute Gasteiger partial charge is 0.416 e. The van der Waals surface area contributed by atoms with E-state index < -0.39 is 40.6 Å². The fraction of sp³-hybridized carbons (Fsp3) is 0.130. The zero-order valence-corrected chi connectivity index (χ0v) is 16.8. The first-order valence-electron chi connectivity index (χ1n) is 9.26. The van der Waals surface area contributed by atoms with Gasteiger partial charge in [0.05, 0.1) is 11.1 Å². The summed E-state index contributed by atoms with van der Waals surface area (Å²) in [7, 11) is 0. The number of carbonyl (C=O) groups excluding carboxylic acids is 1. The highest BCUT2D eigenvalue weighted by molar-refractivity contribution is 6.09. The monoisotopic (exact) mass is 464 g/mol. The second-order valence-corrected chi connectivity index (χ2v) is 6.99. The standard InChI is InChI=1S/C23H14F6N2O2/c1-13-2-4-14(5-3-13)20-7-6-19(33-20)8-15(12-30)21(32)31-18-10-16(22(24,25)26)9-17(11-18)23(27,28)29/h2-11H,1H3,(H,31,32)/b15-8+. The molecule has 1 amide bonds. The molecule has 2 aromatic carbocycles. The van der Waals surface area contributed by atoms with Crippen LogP contribution in [0.15, 0.2) is 64.6 Å². The second kappa shape index (κ2) is 8.86. The van der Waals surface area contributed by atoms with Crippen LogP contribution >= 0.6 is 0 Å². The molecule has 0 atom stereocenters. The van der Waals surface area contributed by atoms with Crippen molar-refractivity contribution >= 4 is 17.7 Å². The number of hydrogen-bond donors (Lipinski definition) is 1. The third kappa shape index (κ3) is 5.83. The van der Waals surface area contributed by atoms with Gasteiger partial charge in [-0.3, -0.25) is 4.79 Å². The average molecular weight is 464 g/mol. The number of hydrogen-bond acceptors (Lipinski definition) is 3. The number of nitriles is 1. The number of alkyl halides is 6. The van der Waals surface area contributed by atoms with Crippen molar-refractivity contribution in [3.05, 3.63) is 82.6 Å². The largest absolute Gasteiger partial charge is 0.457 e. The molecule has 0 saturated heterocycles. The van der Waals surface area contributed by atoms with E-state index in [1.165, 1.54) is 6.07 Å². The van der Waals surface area contributed by atoms with Crippen LogP contribution in [-0.2, 0) is 17.1 Å². The Balaban J connectivity index is 1.88. The molecule has 0 aliphatic heterocycles. The van der Waals surface area contributed by atoms with Crippen LogP contribution in [0.2, 0.25) is 0 Å². The molecule has 0 fully saturated rings. The molecule has 0 aliphatic rings. The van der Waals surface area contributed by atoms with Crippen molar-refractivity contribution in [2.24, 2.45) is 0 Å². The molecule has 1 heterocycles. The predicted octanol–water partition coefficient (Wildman–Crippen LogP) is 6.84. The summed E-state index contributed by atoms with van der Waals surface area (Å²) < 4.78 is 83.5. The fourth-order valence-corrected chi connectivity index (χ4v) is 2.82. The van der Waals surface area contributed by atoms with Gasteiger partial charge >= 0.3 is 12.4 Å². The third-order valence-corrected chi connectivity index (χ3v) is 4.46. The van der Waals surface area contributed by atoms with Gasteiger partial charge in [0.1, 0.15) is 23.2 Å². The molecular weight excluding hydrogens is 450 g/mol. The first-order chi connectivity index (χ1) is 15.4. The van der Waals surface area contributed by atoms with Crippen LogP contribution in [-0.4, -0.2) is 5.91 Å². The van der Waals surface area contributed by atoms with Gasteiger partial charge in [0, 0.05) is 17.3 Å². The molecule has 0 unspecified atom stereocenters. The highest BCUT2D eigenvalue weighted by Gasteiger charge is 2.37. The van der Waals surface area contributed by atoms with Crippen LogP contribution in [0.25, 0.3) is 17.4 Å². The van der Waals surface area contributed by atoms with Gasteiger partial charge in [-0.05, 0) is 37.3 Å². The van der Waals surface area contributed by atoms with Gasteiger partial charge < -0.3 is 9.73 Å². The molecule has 0 saturated carbocycles.